The highest BCUT2D eigenvalue weighted by atomic mass is 16.2. The Hall–Kier alpha value is -3.15. The van der Waals surface area contributed by atoms with Crippen LogP contribution >= 0.6 is 0 Å². The molecule has 1 heterocycles. The molecule has 0 radical (unpaired) electrons. The van der Waals surface area contributed by atoms with E-state index in [1.807, 2.05) is 61.5 Å². The molecule has 28 heavy (non-hydrogen) atoms. The van der Waals surface area contributed by atoms with Gasteiger partial charge in [0.1, 0.15) is 6.54 Å². The Morgan fingerprint density at radius 3 is 2.54 bits per heavy atom. The van der Waals surface area contributed by atoms with E-state index >= 15 is 0 Å². The number of likely N-dealkylation sites (N-methyl/N-ethyl adjacent to an activating group) is 1. The van der Waals surface area contributed by atoms with Gasteiger partial charge in [-0.2, -0.15) is 4.68 Å². The Balaban J connectivity index is 2.04. The van der Waals surface area contributed by atoms with Gasteiger partial charge < -0.3 is 4.90 Å². The standard InChI is InChI=1S/C22H26N4O2/c1-4-5-14-24(3)20(27)16-25-21(18-11-7-6-8-12-18)23-26(22(25)28)19-13-9-10-17(2)15-19/h6-13,15H,4-5,14,16H2,1-3H3. The van der Waals surface area contributed by atoms with Crippen molar-refractivity contribution in [1.29, 1.82) is 0 Å². The third-order valence-corrected chi connectivity index (χ3v) is 4.71. The fraction of sp³-hybridized carbons (Fsp3) is 0.318. The predicted octanol–water partition coefficient (Wildman–Crippen LogP) is 3.27. The van der Waals surface area contributed by atoms with Crippen molar-refractivity contribution in [1.82, 2.24) is 19.2 Å². The summed E-state index contributed by atoms with van der Waals surface area (Å²) in [6.07, 6.45) is 1.95. The van der Waals surface area contributed by atoms with Crippen LogP contribution in [0.5, 0.6) is 0 Å². The number of nitrogens with zero attached hydrogens (tertiary/aromatic N) is 4. The van der Waals surface area contributed by atoms with Crippen molar-refractivity contribution in [2.45, 2.75) is 33.2 Å². The highest BCUT2D eigenvalue weighted by molar-refractivity contribution is 5.76. The van der Waals surface area contributed by atoms with Crippen molar-refractivity contribution in [3.05, 3.63) is 70.6 Å². The molecule has 146 valence electrons. The normalized spacial score (nSPS) is 10.8. The first-order valence-electron chi connectivity index (χ1n) is 9.57. The molecule has 1 aromatic heterocycles. The first kappa shape index (κ1) is 19.6. The first-order valence-corrected chi connectivity index (χ1v) is 9.57. The zero-order chi connectivity index (χ0) is 20.1. The molecule has 0 aliphatic rings. The summed E-state index contributed by atoms with van der Waals surface area (Å²) in [5.41, 5.74) is 2.21. The predicted molar refractivity (Wildman–Crippen MR) is 111 cm³/mol. The molecule has 6 heteroatoms. The van der Waals surface area contributed by atoms with Gasteiger partial charge in [-0.1, -0.05) is 55.8 Å². The Morgan fingerprint density at radius 1 is 1.11 bits per heavy atom. The summed E-state index contributed by atoms with van der Waals surface area (Å²) in [6.45, 7) is 4.70. The van der Waals surface area contributed by atoms with Crippen molar-refractivity contribution in [2.24, 2.45) is 0 Å². The molecule has 1 amide bonds. The van der Waals surface area contributed by atoms with E-state index in [4.69, 9.17) is 0 Å². The van der Waals surface area contributed by atoms with Crippen molar-refractivity contribution in [3.63, 3.8) is 0 Å². The second kappa shape index (κ2) is 8.69. The summed E-state index contributed by atoms with van der Waals surface area (Å²) in [7, 11) is 1.77. The largest absolute Gasteiger partial charge is 0.351 e. The van der Waals surface area contributed by atoms with Crippen LogP contribution in [0, 0.1) is 6.92 Å². The zero-order valence-corrected chi connectivity index (χ0v) is 16.6. The lowest BCUT2D eigenvalue weighted by atomic mass is 10.2. The van der Waals surface area contributed by atoms with Gasteiger partial charge in [-0.25, -0.2) is 4.79 Å². The summed E-state index contributed by atoms with van der Waals surface area (Å²) < 4.78 is 2.83. The van der Waals surface area contributed by atoms with Crippen molar-refractivity contribution < 1.29 is 4.79 Å². The summed E-state index contributed by atoms with van der Waals surface area (Å²) in [5, 5.41) is 4.56. The lowest BCUT2D eigenvalue weighted by Gasteiger charge is -2.17. The van der Waals surface area contributed by atoms with Gasteiger partial charge in [0.15, 0.2) is 5.82 Å². The average molecular weight is 378 g/mol. The molecule has 2 aromatic carbocycles. The molecule has 3 aromatic rings. The van der Waals surface area contributed by atoms with E-state index < -0.39 is 0 Å². The third-order valence-electron chi connectivity index (χ3n) is 4.71. The van der Waals surface area contributed by atoms with E-state index in [1.165, 1.54) is 9.25 Å². The lowest BCUT2D eigenvalue weighted by Crippen LogP contribution is -2.35. The van der Waals surface area contributed by atoms with Gasteiger partial charge in [0.2, 0.25) is 5.91 Å². The summed E-state index contributed by atoms with van der Waals surface area (Å²) in [6, 6.07) is 17.1. The number of amides is 1. The Bertz CT molecular complexity index is 1000. The highest BCUT2D eigenvalue weighted by Crippen LogP contribution is 2.17. The van der Waals surface area contributed by atoms with Gasteiger partial charge in [-0.3, -0.25) is 9.36 Å². The van der Waals surface area contributed by atoms with E-state index in [1.54, 1.807) is 11.9 Å². The van der Waals surface area contributed by atoms with Crippen LogP contribution in [-0.4, -0.2) is 38.7 Å². The molecule has 0 spiro atoms. The minimum absolute atomic E-state index is 0.0326. The minimum atomic E-state index is -0.318. The van der Waals surface area contributed by atoms with Gasteiger partial charge in [0.25, 0.3) is 0 Å². The number of unbranched alkanes of at least 4 members (excludes halogenated alkanes) is 1. The van der Waals surface area contributed by atoms with Crippen molar-refractivity contribution in [2.75, 3.05) is 13.6 Å². The maximum absolute atomic E-state index is 13.1. The average Bonchev–Trinajstić information content (AvgIpc) is 3.03. The smallest absolute Gasteiger partial charge is 0.344 e. The molecule has 0 saturated carbocycles. The SMILES string of the molecule is CCCCN(C)C(=O)Cn1c(-c2ccccc2)nn(-c2cccc(C)c2)c1=O. The van der Waals surface area contributed by atoms with E-state index in [9.17, 15) is 9.59 Å². The van der Waals surface area contributed by atoms with Crippen LogP contribution in [0.3, 0.4) is 0 Å². The van der Waals surface area contributed by atoms with Gasteiger partial charge >= 0.3 is 5.69 Å². The summed E-state index contributed by atoms with van der Waals surface area (Å²) in [4.78, 5) is 27.5. The molecule has 3 rings (SSSR count). The Labute approximate surface area is 165 Å². The van der Waals surface area contributed by atoms with E-state index in [-0.39, 0.29) is 18.1 Å². The number of rotatable bonds is 7. The molecule has 0 atom stereocenters. The molecular formula is C22H26N4O2. The topological polar surface area (TPSA) is 60.1 Å². The molecule has 0 N–H and O–H groups in total. The molecule has 0 bridgehead atoms. The minimum Gasteiger partial charge on any atom is -0.344 e. The zero-order valence-electron chi connectivity index (χ0n) is 16.6. The van der Waals surface area contributed by atoms with Crippen LogP contribution < -0.4 is 5.69 Å². The number of aromatic nitrogens is 3. The third kappa shape index (κ3) is 4.22. The van der Waals surface area contributed by atoms with Gasteiger partial charge in [-0.05, 0) is 31.0 Å². The molecule has 0 fully saturated rings. The van der Waals surface area contributed by atoms with Crippen LogP contribution in [0.1, 0.15) is 25.3 Å². The fourth-order valence-electron chi connectivity index (χ4n) is 3.04. The molecule has 6 nitrogen and oxygen atoms in total. The maximum Gasteiger partial charge on any atom is 0.351 e. The second-order valence-electron chi connectivity index (χ2n) is 6.98. The molecule has 0 saturated heterocycles. The van der Waals surface area contributed by atoms with E-state index in [0.717, 1.165) is 24.0 Å². The lowest BCUT2D eigenvalue weighted by molar-refractivity contribution is -0.130. The quantitative estimate of drug-likeness (QED) is 0.634. The van der Waals surface area contributed by atoms with Gasteiger partial charge in [0, 0.05) is 19.2 Å². The van der Waals surface area contributed by atoms with Crippen LogP contribution in [0.2, 0.25) is 0 Å². The Morgan fingerprint density at radius 2 is 1.86 bits per heavy atom. The molecular weight excluding hydrogens is 352 g/mol. The van der Waals surface area contributed by atoms with Gasteiger partial charge in [0.05, 0.1) is 5.69 Å². The number of benzene rings is 2. The van der Waals surface area contributed by atoms with Crippen LogP contribution in [0.25, 0.3) is 17.1 Å². The number of hydrogen-bond donors (Lipinski definition) is 0. The number of carbonyl (C=O) groups is 1. The molecule has 0 aliphatic carbocycles. The monoisotopic (exact) mass is 378 g/mol. The second-order valence-corrected chi connectivity index (χ2v) is 6.98. The van der Waals surface area contributed by atoms with Crippen LogP contribution in [-0.2, 0) is 11.3 Å². The highest BCUT2D eigenvalue weighted by Gasteiger charge is 2.20. The Kier molecular flexibility index (Phi) is 6.09. The first-order chi connectivity index (χ1) is 13.5. The fourth-order valence-corrected chi connectivity index (χ4v) is 3.04. The summed E-state index contributed by atoms with van der Waals surface area (Å²) in [5.74, 6) is 0.390. The number of aryl methyl sites for hydroxylation is 1. The van der Waals surface area contributed by atoms with E-state index in [0.29, 0.717) is 18.1 Å². The maximum atomic E-state index is 13.1. The number of carbonyl (C=O) groups excluding carboxylic acids is 1. The van der Waals surface area contributed by atoms with E-state index in [2.05, 4.69) is 12.0 Å². The molecule has 0 aliphatic heterocycles. The van der Waals surface area contributed by atoms with Crippen molar-refractivity contribution >= 4 is 5.91 Å². The van der Waals surface area contributed by atoms with Crippen LogP contribution in [0.4, 0.5) is 0 Å². The van der Waals surface area contributed by atoms with Gasteiger partial charge in [-0.15, -0.1) is 5.10 Å². The number of hydrogen-bond acceptors (Lipinski definition) is 3. The summed E-state index contributed by atoms with van der Waals surface area (Å²) >= 11 is 0. The van der Waals surface area contributed by atoms with Crippen LogP contribution in [0.15, 0.2) is 59.4 Å². The molecule has 0 unspecified atom stereocenters. The van der Waals surface area contributed by atoms with Crippen molar-refractivity contribution in [3.8, 4) is 17.1 Å².